The van der Waals surface area contributed by atoms with Gasteiger partial charge in [-0.15, -0.1) is 0 Å². The number of piperidine rings is 1. The molecule has 0 bridgehead atoms. The van der Waals surface area contributed by atoms with Crippen LogP contribution in [0.3, 0.4) is 0 Å². The molecule has 1 aliphatic rings. The van der Waals surface area contributed by atoms with Gasteiger partial charge in [-0.3, -0.25) is 9.79 Å². The van der Waals surface area contributed by atoms with Crippen LogP contribution in [0.5, 0.6) is 0 Å². The van der Waals surface area contributed by atoms with E-state index in [2.05, 4.69) is 20.5 Å². The van der Waals surface area contributed by atoms with E-state index in [9.17, 15) is 13.2 Å². The lowest BCUT2D eigenvalue weighted by atomic mass is 9.93. The Morgan fingerprint density at radius 3 is 2.44 bits per heavy atom. The zero-order chi connectivity index (χ0) is 18.9. The van der Waals surface area contributed by atoms with Gasteiger partial charge in [-0.05, 0) is 25.2 Å². The number of sulfonamides is 1. The first kappa shape index (κ1) is 21.7. The highest BCUT2D eigenvalue weighted by Gasteiger charge is 2.23. The molecule has 1 fully saturated rings. The summed E-state index contributed by atoms with van der Waals surface area (Å²) in [7, 11) is 0.303. The quantitative estimate of drug-likeness (QED) is 0.356. The average molecular weight is 376 g/mol. The van der Waals surface area contributed by atoms with Crippen molar-refractivity contribution in [3.8, 4) is 0 Å². The molecule has 0 aromatic heterocycles. The first-order chi connectivity index (χ1) is 11.8. The molecule has 1 saturated heterocycles. The molecule has 0 saturated carbocycles. The maximum Gasteiger partial charge on any atom is 0.220 e. The Balaban J connectivity index is 2.35. The normalized spacial score (nSPS) is 17.0. The summed E-state index contributed by atoms with van der Waals surface area (Å²) in [5.41, 5.74) is 0. The molecule has 0 aliphatic carbocycles. The van der Waals surface area contributed by atoms with Crippen LogP contribution in [0.15, 0.2) is 4.99 Å². The standard InChI is InChI=1S/C16H33N5O3S/c1-5-21(25(4,23)24)10-6-9-19-16(18-3)20-11-7-14(8-12-20)13-15(22)17-2/h14H,5-13H2,1-4H3,(H,17,22)(H,18,19). The van der Waals surface area contributed by atoms with Crippen molar-refractivity contribution < 1.29 is 13.2 Å². The number of hydrogen-bond donors (Lipinski definition) is 2. The van der Waals surface area contributed by atoms with Gasteiger partial charge in [-0.1, -0.05) is 6.92 Å². The summed E-state index contributed by atoms with van der Waals surface area (Å²) in [4.78, 5) is 18.0. The van der Waals surface area contributed by atoms with E-state index in [0.717, 1.165) is 38.3 Å². The third kappa shape index (κ3) is 7.60. The molecule has 1 amide bonds. The minimum Gasteiger partial charge on any atom is -0.359 e. The molecular formula is C16H33N5O3S. The van der Waals surface area contributed by atoms with Crippen molar-refractivity contribution in [3.05, 3.63) is 0 Å². The number of likely N-dealkylation sites (tertiary alicyclic amines) is 1. The molecule has 0 radical (unpaired) electrons. The molecule has 146 valence electrons. The van der Waals surface area contributed by atoms with Crippen LogP contribution in [0.25, 0.3) is 0 Å². The van der Waals surface area contributed by atoms with Crippen molar-refractivity contribution in [2.75, 3.05) is 53.1 Å². The lowest BCUT2D eigenvalue weighted by Gasteiger charge is -2.34. The van der Waals surface area contributed by atoms with E-state index in [1.807, 2.05) is 6.92 Å². The molecule has 0 aromatic carbocycles. The minimum absolute atomic E-state index is 0.104. The zero-order valence-electron chi connectivity index (χ0n) is 15.9. The highest BCUT2D eigenvalue weighted by atomic mass is 32.2. The maximum absolute atomic E-state index is 11.6. The smallest absolute Gasteiger partial charge is 0.220 e. The fourth-order valence-corrected chi connectivity index (χ4v) is 3.99. The maximum atomic E-state index is 11.6. The van der Waals surface area contributed by atoms with Crippen LogP contribution in [0.4, 0.5) is 0 Å². The van der Waals surface area contributed by atoms with Gasteiger partial charge < -0.3 is 15.5 Å². The van der Waals surface area contributed by atoms with Crippen LogP contribution < -0.4 is 10.6 Å². The van der Waals surface area contributed by atoms with Crippen LogP contribution in [0, 0.1) is 5.92 Å². The molecule has 9 heteroatoms. The van der Waals surface area contributed by atoms with E-state index in [-0.39, 0.29) is 5.91 Å². The number of carbonyl (C=O) groups excluding carboxylic acids is 1. The molecule has 0 aromatic rings. The molecule has 8 nitrogen and oxygen atoms in total. The second-order valence-electron chi connectivity index (χ2n) is 6.39. The van der Waals surface area contributed by atoms with Gasteiger partial charge in [0.15, 0.2) is 5.96 Å². The van der Waals surface area contributed by atoms with E-state index in [0.29, 0.717) is 32.0 Å². The second kappa shape index (κ2) is 10.6. The molecule has 0 unspecified atom stereocenters. The molecule has 25 heavy (non-hydrogen) atoms. The van der Waals surface area contributed by atoms with Gasteiger partial charge in [0.1, 0.15) is 0 Å². The number of aliphatic imine (C=N–C) groups is 1. The first-order valence-electron chi connectivity index (χ1n) is 8.93. The van der Waals surface area contributed by atoms with Gasteiger partial charge >= 0.3 is 0 Å². The highest BCUT2D eigenvalue weighted by Crippen LogP contribution is 2.20. The van der Waals surface area contributed by atoms with Crippen LogP contribution >= 0.6 is 0 Å². The summed E-state index contributed by atoms with van der Waals surface area (Å²) in [5.74, 6) is 1.38. The van der Waals surface area contributed by atoms with Gasteiger partial charge in [0.25, 0.3) is 0 Å². The molecule has 1 rings (SSSR count). The van der Waals surface area contributed by atoms with Gasteiger partial charge in [0, 0.05) is 53.2 Å². The Kier molecular flexibility index (Phi) is 9.20. The van der Waals surface area contributed by atoms with Crippen LogP contribution in [-0.2, 0) is 14.8 Å². The summed E-state index contributed by atoms with van der Waals surface area (Å²) in [6.45, 7) is 5.28. The van der Waals surface area contributed by atoms with Gasteiger partial charge in [-0.25, -0.2) is 12.7 Å². The second-order valence-corrected chi connectivity index (χ2v) is 8.37. The van der Waals surface area contributed by atoms with Gasteiger partial charge in [0.2, 0.25) is 15.9 Å². The number of carbonyl (C=O) groups is 1. The van der Waals surface area contributed by atoms with Crippen molar-refractivity contribution in [3.63, 3.8) is 0 Å². The fraction of sp³-hybridized carbons (Fsp3) is 0.875. The first-order valence-corrected chi connectivity index (χ1v) is 10.8. The van der Waals surface area contributed by atoms with Crippen molar-refractivity contribution in [1.29, 1.82) is 0 Å². The lowest BCUT2D eigenvalue weighted by Crippen LogP contribution is -2.46. The van der Waals surface area contributed by atoms with E-state index >= 15 is 0 Å². The Bertz CT molecular complexity index is 542. The SMILES string of the molecule is CCN(CCCNC(=NC)N1CCC(CC(=O)NC)CC1)S(C)(=O)=O. The molecule has 1 heterocycles. The monoisotopic (exact) mass is 375 g/mol. The van der Waals surface area contributed by atoms with E-state index in [4.69, 9.17) is 0 Å². The van der Waals surface area contributed by atoms with Crippen molar-refractivity contribution in [1.82, 2.24) is 19.8 Å². The summed E-state index contributed by atoms with van der Waals surface area (Å²) in [6, 6.07) is 0. The van der Waals surface area contributed by atoms with Crippen molar-refractivity contribution in [2.24, 2.45) is 10.9 Å². The van der Waals surface area contributed by atoms with Gasteiger partial charge in [0.05, 0.1) is 6.26 Å². The number of nitrogens with one attached hydrogen (secondary N) is 2. The summed E-state index contributed by atoms with van der Waals surface area (Å²) < 4.78 is 24.6. The average Bonchev–Trinajstić information content (AvgIpc) is 2.58. The highest BCUT2D eigenvalue weighted by molar-refractivity contribution is 7.88. The summed E-state index contributed by atoms with van der Waals surface area (Å²) >= 11 is 0. The van der Waals surface area contributed by atoms with E-state index < -0.39 is 10.0 Å². The molecule has 0 spiro atoms. The number of amides is 1. The topological polar surface area (TPSA) is 94.1 Å². The summed E-state index contributed by atoms with van der Waals surface area (Å²) in [5, 5.41) is 5.99. The fourth-order valence-electron chi connectivity index (χ4n) is 3.06. The Hall–Kier alpha value is -1.35. The molecule has 0 atom stereocenters. The minimum atomic E-state index is -3.13. The van der Waals surface area contributed by atoms with Crippen LogP contribution in [0.1, 0.15) is 32.6 Å². The van der Waals surface area contributed by atoms with Crippen LogP contribution in [-0.4, -0.2) is 82.6 Å². The van der Waals surface area contributed by atoms with Crippen molar-refractivity contribution in [2.45, 2.75) is 32.6 Å². The number of hydrogen-bond acceptors (Lipinski definition) is 4. The summed E-state index contributed by atoms with van der Waals surface area (Å²) in [6.07, 6.45) is 4.52. The number of guanidine groups is 1. The third-order valence-corrected chi connectivity index (χ3v) is 5.95. The molecule has 1 aliphatic heterocycles. The van der Waals surface area contributed by atoms with E-state index in [1.165, 1.54) is 10.6 Å². The predicted molar refractivity (Wildman–Crippen MR) is 101 cm³/mol. The number of nitrogens with zero attached hydrogens (tertiary/aromatic N) is 3. The van der Waals surface area contributed by atoms with E-state index in [1.54, 1.807) is 14.1 Å². The Morgan fingerprint density at radius 2 is 1.96 bits per heavy atom. The van der Waals surface area contributed by atoms with Crippen LogP contribution in [0.2, 0.25) is 0 Å². The Labute approximate surface area is 152 Å². The predicted octanol–water partition coefficient (Wildman–Crippen LogP) is 0.0815. The zero-order valence-corrected chi connectivity index (χ0v) is 16.7. The Morgan fingerprint density at radius 1 is 1.32 bits per heavy atom. The molecule has 2 N–H and O–H groups in total. The number of rotatable bonds is 8. The largest absolute Gasteiger partial charge is 0.359 e. The van der Waals surface area contributed by atoms with Crippen molar-refractivity contribution >= 4 is 21.9 Å². The molecular weight excluding hydrogens is 342 g/mol. The van der Waals surface area contributed by atoms with Gasteiger partial charge in [-0.2, -0.15) is 0 Å². The third-order valence-electron chi connectivity index (χ3n) is 4.57. The lowest BCUT2D eigenvalue weighted by molar-refractivity contribution is -0.121.